The molecular weight excluding hydrogens is 302 g/mol. The van der Waals surface area contributed by atoms with E-state index in [9.17, 15) is 4.79 Å². The van der Waals surface area contributed by atoms with Gasteiger partial charge >= 0.3 is 0 Å². The number of likely N-dealkylation sites (tertiary alicyclic amines) is 1. The van der Waals surface area contributed by atoms with Gasteiger partial charge in [-0.25, -0.2) is 0 Å². The Morgan fingerprint density at radius 2 is 1.71 bits per heavy atom. The van der Waals surface area contributed by atoms with Crippen LogP contribution in [0.5, 0.6) is 0 Å². The van der Waals surface area contributed by atoms with Crippen LogP contribution < -0.4 is 5.32 Å². The standard InChI is InChI=1S/C18H37N5O/c1-5-19-18(21(4)16-17(24)23(6-2)7-3)20-12-15-22-13-10-8-9-11-14-22/h5-16H2,1-4H3,(H,19,20). The second kappa shape index (κ2) is 12.1. The molecule has 1 aliphatic heterocycles. The molecule has 1 rings (SSSR count). The molecule has 0 aromatic carbocycles. The van der Waals surface area contributed by atoms with Crippen LogP contribution in [0.4, 0.5) is 0 Å². The van der Waals surface area contributed by atoms with Crippen LogP contribution in [-0.2, 0) is 4.79 Å². The summed E-state index contributed by atoms with van der Waals surface area (Å²) in [7, 11) is 1.94. The van der Waals surface area contributed by atoms with Gasteiger partial charge in [-0.3, -0.25) is 9.79 Å². The molecule has 6 nitrogen and oxygen atoms in total. The monoisotopic (exact) mass is 339 g/mol. The molecule has 0 aliphatic carbocycles. The largest absolute Gasteiger partial charge is 0.357 e. The summed E-state index contributed by atoms with van der Waals surface area (Å²) in [5, 5.41) is 3.30. The number of amides is 1. The van der Waals surface area contributed by atoms with E-state index < -0.39 is 0 Å². The predicted molar refractivity (Wildman–Crippen MR) is 101 cm³/mol. The Hall–Kier alpha value is -1.30. The smallest absolute Gasteiger partial charge is 0.242 e. The third kappa shape index (κ3) is 7.51. The van der Waals surface area contributed by atoms with E-state index in [1.54, 1.807) is 0 Å². The second-order valence-electron chi connectivity index (χ2n) is 6.41. The van der Waals surface area contributed by atoms with E-state index in [0.29, 0.717) is 6.54 Å². The molecule has 0 aromatic rings. The number of guanidine groups is 1. The number of nitrogens with zero attached hydrogens (tertiary/aromatic N) is 4. The number of aliphatic imine (C=N–C) groups is 1. The van der Waals surface area contributed by atoms with E-state index in [0.717, 1.165) is 38.7 Å². The fourth-order valence-electron chi connectivity index (χ4n) is 3.08. The molecular formula is C18H37N5O. The van der Waals surface area contributed by atoms with Crippen LogP contribution in [0, 0.1) is 0 Å². The molecule has 0 spiro atoms. The van der Waals surface area contributed by atoms with Crippen LogP contribution in [0.2, 0.25) is 0 Å². The van der Waals surface area contributed by atoms with E-state index >= 15 is 0 Å². The van der Waals surface area contributed by atoms with Crippen molar-refractivity contribution in [1.82, 2.24) is 20.0 Å². The van der Waals surface area contributed by atoms with Crippen LogP contribution in [0.3, 0.4) is 0 Å². The molecule has 1 fully saturated rings. The van der Waals surface area contributed by atoms with Crippen molar-refractivity contribution in [2.75, 3.05) is 59.4 Å². The van der Waals surface area contributed by atoms with Crippen LogP contribution in [0.1, 0.15) is 46.5 Å². The Kier molecular flexibility index (Phi) is 10.5. The predicted octanol–water partition coefficient (Wildman–Crippen LogP) is 1.63. The van der Waals surface area contributed by atoms with Crippen LogP contribution in [0.15, 0.2) is 4.99 Å². The van der Waals surface area contributed by atoms with Crippen LogP contribution >= 0.6 is 0 Å². The SMILES string of the molecule is CCNC(=NCCN1CCCCCC1)N(C)CC(=O)N(CC)CC. The van der Waals surface area contributed by atoms with Crippen molar-refractivity contribution >= 4 is 11.9 Å². The normalized spacial score (nSPS) is 16.6. The maximum Gasteiger partial charge on any atom is 0.242 e. The lowest BCUT2D eigenvalue weighted by Gasteiger charge is -2.26. The van der Waals surface area contributed by atoms with Crippen molar-refractivity contribution in [1.29, 1.82) is 0 Å². The molecule has 0 unspecified atom stereocenters. The minimum Gasteiger partial charge on any atom is -0.357 e. The topological polar surface area (TPSA) is 51.2 Å². The van der Waals surface area contributed by atoms with E-state index in [1.165, 1.54) is 38.8 Å². The molecule has 24 heavy (non-hydrogen) atoms. The van der Waals surface area contributed by atoms with Crippen molar-refractivity contribution < 1.29 is 4.79 Å². The Labute approximate surface area is 148 Å². The number of hydrogen-bond acceptors (Lipinski definition) is 3. The number of carbonyl (C=O) groups excluding carboxylic acids is 1. The minimum atomic E-state index is 0.153. The average Bonchev–Trinajstić information content (AvgIpc) is 2.84. The zero-order valence-electron chi connectivity index (χ0n) is 16.2. The highest BCUT2D eigenvalue weighted by Crippen LogP contribution is 2.08. The molecule has 1 heterocycles. The Morgan fingerprint density at radius 1 is 1.08 bits per heavy atom. The van der Waals surface area contributed by atoms with Gasteiger partial charge in [0.1, 0.15) is 0 Å². The summed E-state index contributed by atoms with van der Waals surface area (Å²) in [6.45, 7) is 13.0. The summed E-state index contributed by atoms with van der Waals surface area (Å²) in [5.74, 6) is 0.980. The number of hydrogen-bond donors (Lipinski definition) is 1. The van der Waals surface area contributed by atoms with Crippen molar-refractivity contribution in [2.45, 2.75) is 46.5 Å². The van der Waals surface area contributed by atoms with Gasteiger partial charge in [0.2, 0.25) is 5.91 Å². The van der Waals surface area contributed by atoms with E-state index in [1.807, 2.05) is 30.7 Å². The lowest BCUT2D eigenvalue weighted by atomic mass is 10.2. The van der Waals surface area contributed by atoms with Crippen molar-refractivity contribution in [3.8, 4) is 0 Å². The van der Waals surface area contributed by atoms with Crippen molar-refractivity contribution in [3.05, 3.63) is 0 Å². The highest BCUT2D eigenvalue weighted by atomic mass is 16.2. The fraction of sp³-hybridized carbons (Fsp3) is 0.889. The second-order valence-corrected chi connectivity index (χ2v) is 6.41. The summed E-state index contributed by atoms with van der Waals surface area (Å²) < 4.78 is 0. The van der Waals surface area contributed by atoms with Crippen LogP contribution in [0.25, 0.3) is 0 Å². The lowest BCUT2D eigenvalue weighted by Crippen LogP contribution is -2.46. The summed E-state index contributed by atoms with van der Waals surface area (Å²) in [5.41, 5.74) is 0. The molecule has 0 atom stereocenters. The summed E-state index contributed by atoms with van der Waals surface area (Å²) >= 11 is 0. The van der Waals surface area contributed by atoms with Gasteiger partial charge in [0.15, 0.2) is 5.96 Å². The first-order valence-corrected chi connectivity index (χ1v) is 9.61. The van der Waals surface area contributed by atoms with E-state index in [2.05, 4.69) is 17.1 Å². The Balaban J connectivity index is 2.51. The molecule has 0 radical (unpaired) electrons. The van der Waals surface area contributed by atoms with E-state index in [-0.39, 0.29) is 5.91 Å². The third-order valence-corrected chi connectivity index (χ3v) is 4.56. The fourth-order valence-corrected chi connectivity index (χ4v) is 3.08. The highest BCUT2D eigenvalue weighted by molar-refractivity contribution is 5.86. The van der Waals surface area contributed by atoms with Gasteiger partial charge < -0.3 is 20.0 Å². The van der Waals surface area contributed by atoms with E-state index in [4.69, 9.17) is 4.99 Å². The summed E-state index contributed by atoms with van der Waals surface area (Å²) in [6, 6.07) is 0. The van der Waals surface area contributed by atoms with Gasteiger partial charge in [-0.2, -0.15) is 0 Å². The number of nitrogens with one attached hydrogen (secondary N) is 1. The first kappa shape index (κ1) is 20.7. The quantitative estimate of drug-likeness (QED) is 0.539. The Bertz CT molecular complexity index is 374. The maximum absolute atomic E-state index is 12.3. The molecule has 1 amide bonds. The number of carbonyl (C=O) groups is 1. The number of likely N-dealkylation sites (N-methyl/N-ethyl adjacent to an activating group) is 2. The zero-order chi connectivity index (χ0) is 17.8. The van der Waals surface area contributed by atoms with Gasteiger partial charge in [0.05, 0.1) is 13.1 Å². The molecule has 0 saturated carbocycles. The summed E-state index contributed by atoms with van der Waals surface area (Å²) in [6.07, 6.45) is 5.33. The molecule has 0 aromatic heterocycles. The molecule has 0 bridgehead atoms. The maximum atomic E-state index is 12.3. The van der Waals surface area contributed by atoms with Gasteiger partial charge in [0.25, 0.3) is 0 Å². The molecule has 6 heteroatoms. The minimum absolute atomic E-state index is 0.153. The molecule has 1 aliphatic rings. The van der Waals surface area contributed by atoms with Gasteiger partial charge in [0, 0.05) is 33.2 Å². The van der Waals surface area contributed by atoms with Gasteiger partial charge in [-0.05, 0) is 46.7 Å². The van der Waals surface area contributed by atoms with Gasteiger partial charge in [-0.1, -0.05) is 12.8 Å². The molecule has 1 saturated heterocycles. The van der Waals surface area contributed by atoms with Crippen molar-refractivity contribution in [2.24, 2.45) is 4.99 Å². The van der Waals surface area contributed by atoms with Gasteiger partial charge in [-0.15, -0.1) is 0 Å². The van der Waals surface area contributed by atoms with Crippen molar-refractivity contribution in [3.63, 3.8) is 0 Å². The number of rotatable bonds is 8. The first-order chi connectivity index (χ1) is 11.6. The molecule has 140 valence electrons. The first-order valence-electron chi connectivity index (χ1n) is 9.61. The Morgan fingerprint density at radius 3 is 2.25 bits per heavy atom. The lowest BCUT2D eigenvalue weighted by molar-refractivity contribution is -0.131. The highest BCUT2D eigenvalue weighted by Gasteiger charge is 2.15. The average molecular weight is 340 g/mol. The summed E-state index contributed by atoms with van der Waals surface area (Å²) in [4.78, 5) is 23.3. The third-order valence-electron chi connectivity index (χ3n) is 4.56. The zero-order valence-corrected chi connectivity index (χ0v) is 16.2. The van der Waals surface area contributed by atoms with Crippen LogP contribution in [-0.4, -0.2) is 86.0 Å². The molecule has 1 N–H and O–H groups in total.